The van der Waals surface area contributed by atoms with Crippen molar-refractivity contribution < 1.29 is 9.59 Å². The molecular formula is C48H56N2O2S4. The van der Waals surface area contributed by atoms with E-state index in [4.69, 9.17) is 24.4 Å². The monoisotopic (exact) mass is 820 g/mol. The van der Waals surface area contributed by atoms with Crippen molar-refractivity contribution >= 4 is 90.7 Å². The lowest BCUT2D eigenvalue weighted by Crippen LogP contribution is -2.29. The molecule has 0 saturated carbocycles. The van der Waals surface area contributed by atoms with Crippen molar-refractivity contribution in [3.8, 4) is 0 Å². The highest BCUT2D eigenvalue weighted by Crippen LogP contribution is 2.56. The number of hydrogen-bond donors (Lipinski definition) is 0. The van der Waals surface area contributed by atoms with Gasteiger partial charge in [0, 0.05) is 13.1 Å². The number of rotatable bonds is 16. The van der Waals surface area contributed by atoms with Crippen molar-refractivity contribution in [1.82, 2.24) is 9.80 Å². The van der Waals surface area contributed by atoms with E-state index >= 15 is 0 Å². The Bertz CT molecular complexity index is 1990. The summed E-state index contributed by atoms with van der Waals surface area (Å²) in [6.07, 6.45) is 24.7. The van der Waals surface area contributed by atoms with Gasteiger partial charge in [-0.25, -0.2) is 0 Å². The van der Waals surface area contributed by atoms with Crippen LogP contribution in [0.5, 0.6) is 0 Å². The summed E-state index contributed by atoms with van der Waals surface area (Å²) in [6.45, 7) is 14.8. The van der Waals surface area contributed by atoms with Crippen molar-refractivity contribution in [2.24, 2.45) is 0 Å². The molecule has 0 atom stereocenters. The van der Waals surface area contributed by atoms with Gasteiger partial charge in [0.2, 0.25) is 0 Å². The molecule has 0 aromatic heterocycles. The van der Waals surface area contributed by atoms with Crippen molar-refractivity contribution in [3.05, 3.63) is 102 Å². The molecule has 2 saturated heterocycles. The minimum absolute atomic E-state index is 0.0585. The quantitative estimate of drug-likeness (QED) is 0.0940. The molecule has 1 aromatic carbocycles. The molecule has 0 radical (unpaired) electrons. The van der Waals surface area contributed by atoms with Gasteiger partial charge in [-0.15, -0.1) is 0 Å². The van der Waals surface area contributed by atoms with Crippen LogP contribution in [0.4, 0.5) is 0 Å². The molecule has 1 aromatic rings. The second kappa shape index (κ2) is 17.8. The fraction of sp³-hybridized carbons (Fsp3) is 0.458. The number of benzene rings is 1. The summed E-state index contributed by atoms with van der Waals surface area (Å²) >= 11 is 14.3. The van der Waals surface area contributed by atoms with Crippen LogP contribution in [0.15, 0.2) is 79.7 Å². The summed E-state index contributed by atoms with van der Waals surface area (Å²) in [5, 5.41) is 0. The molecule has 4 nitrogen and oxygen atoms in total. The summed E-state index contributed by atoms with van der Waals surface area (Å²) in [4.78, 5) is 32.1. The van der Waals surface area contributed by atoms with Crippen molar-refractivity contribution in [1.29, 1.82) is 0 Å². The molecule has 4 aliphatic carbocycles. The minimum Gasteiger partial charge on any atom is -0.293 e. The topological polar surface area (TPSA) is 40.6 Å². The zero-order valence-electron chi connectivity index (χ0n) is 34.1. The van der Waals surface area contributed by atoms with Gasteiger partial charge in [0.15, 0.2) is 0 Å². The second-order valence-corrected chi connectivity index (χ2v) is 19.8. The summed E-state index contributed by atoms with van der Waals surface area (Å²) in [5.41, 5.74) is 18.1. The first-order valence-electron chi connectivity index (χ1n) is 21.0. The first-order chi connectivity index (χ1) is 27.0. The van der Waals surface area contributed by atoms with Crippen LogP contribution in [-0.2, 0) is 9.59 Å². The molecule has 2 amide bonds. The van der Waals surface area contributed by atoms with E-state index in [0.29, 0.717) is 21.7 Å². The standard InChI is InChI=1S/C48H56N2O2S4/c1-7-9-11-13-15-17-19-49-45(51)41(55-47(49)53)25-31-21-33-35-27-40-36(28-39(35)43(29(3)4)37(33)23-31)34-22-32(24-38(34)44(40)30(5)6)26-42-46(52)50(48(54)56-42)20-18-16-14-12-10-8-2/h23-28H,7-22H2,1-6H3/b41-25+,42-26+. The Morgan fingerprint density at radius 1 is 0.589 bits per heavy atom. The SMILES string of the molecule is CCCCCCCCN1C(=O)/C(=C\C2=CC3=C(C2)c2cc4c(cc2C3=C(C)C)C2=C(C=C(/C=C3/SC(=S)N(CCCCCCCC)C3=O)C2)C4=C(C)C)SC1=S. The molecule has 2 heterocycles. The molecule has 294 valence electrons. The molecule has 0 spiro atoms. The van der Waals surface area contributed by atoms with Crippen LogP contribution in [0.2, 0.25) is 0 Å². The molecule has 7 rings (SSSR count). The maximum absolute atomic E-state index is 13.5. The van der Waals surface area contributed by atoms with Gasteiger partial charge in [0.1, 0.15) is 8.64 Å². The van der Waals surface area contributed by atoms with Crippen molar-refractivity contribution in [2.45, 2.75) is 131 Å². The normalized spacial score (nSPS) is 20.1. The number of unbranched alkanes of at least 4 members (excludes halogenated alkanes) is 10. The van der Waals surface area contributed by atoms with E-state index in [-0.39, 0.29) is 11.8 Å². The van der Waals surface area contributed by atoms with E-state index in [1.54, 1.807) is 0 Å². The summed E-state index contributed by atoms with van der Waals surface area (Å²) in [7, 11) is 0. The maximum atomic E-state index is 13.5. The van der Waals surface area contributed by atoms with E-state index in [1.165, 1.54) is 153 Å². The van der Waals surface area contributed by atoms with Crippen molar-refractivity contribution in [2.75, 3.05) is 13.1 Å². The largest absolute Gasteiger partial charge is 0.293 e. The molecule has 2 aliphatic heterocycles. The number of allylic oxidation sites excluding steroid dienone is 14. The van der Waals surface area contributed by atoms with E-state index in [9.17, 15) is 9.59 Å². The third-order valence-corrected chi connectivity index (χ3v) is 14.6. The molecule has 2 fully saturated rings. The smallest absolute Gasteiger partial charge is 0.266 e. The first kappa shape index (κ1) is 41.1. The van der Waals surface area contributed by atoms with Crippen LogP contribution < -0.4 is 0 Å². The second-order valence-electron chi connectivity index (χ2n) is 16.5. The van der Waals surface area contributed by atoms with Gasteiger partial charge in [-0.05, 0) is 145 Å². The average Bonchev–Trinajstić information content (AvgIpc) is 3.97. The van der Waals surface area contributed by atoms with Gasteiger partial charge in [-0.1, -0.05) is 149 Å². The molecule has 0 N–H and O–H groups in total. The van der Waals surface area contributed by atoms with Crippen LogP contribution in [0, 0.1) is 0 Å². The average molecular weight is 821 g/mol. The van der Waals surface area contributed by atoms with E-state index in [0.717, 1.165) is 48.3 Å². The van der Waals surface area contributed by atoms with Crippen LogP contribution in [0.25, 0.3) is 22.3 Å². The summed E-state index contributed by atoms with van der Waals surface area (Å²) in [5.74, 6) is 0.117. The number of thiocarbonyl (C=S) groups is 2. The number of nitrogens with zero attached hydrogens (tertiary/aromatic N) is 2. The molecule has 8 heteroatoms. The highest BCUT2D eigenvalue weighted by molar-refractivity contribution is 8.27. The minimum atomic E-state index is 0.0585. The number of hydrogen-bond acceptors (Lipinski definition) is 6. The Morgan fingerprint density at radius 3 is 1.34 bits per heavy atom. The number of amides is 2. The highest BCUT2D eigenvalue weighted by Gasteiger charge is 2.38. The first-order valence-corrected chi connectivity index (χ1v) is 23.4. The zero-order chi connectivity index (χ0) is 39.7. The third kappa shape index (κ3) is 8.15. The Labute approximate surface area is 354 Å². The van der Waals surface area contributed by atoms with Gasteiger partial charge in [0.25, 0.3) is 11.8 Å². The van der Waals surface area contributed by atoms with Gasteiger partial charge < -0.3 is 0 Å². The third-order valence-electron chi connectivity index (χ3n) is 11.8. The van der Waals surface area contributed by atoms with Crippen molar-refractivity contribution in [3.63, 3.8) is 0 Å². The molecular weight excluding hydrogens is 765 g/mol. The Kier molecular flexibility index (Phi) is 13.1. The Hall–Kier alpha value is -3.04. The maximum Gasteiger partial charge on any atom is 0.266 e. The van der Waals surface area contributed by atoms with Gasteiger partial charge >= 0.3 is 0 Å². The van der Waals surface area contributed by atoms with E-state index in [1.807, 2.05) is 9.80 Å². The van der Waals surface area contributed by atoms with Crippen LogP contribution in [0.3, 0.4) is 0 Å². The van der Waals surface area contributed by atoms with Crippen LogP contribution in [-0.4, -0.2) is 43.3 Å². The number of carbonyl (C=O) groups is 2. The molecule has 0 bridgehead atoms. The summed E-state index contributed by atoms with van der Waals surface area (Å²) < 4.78 is 1.37. The number of fused-ring (bicyclic) bond motifs is 4. The lowest BCUT2D eigenvalue weighted by Gasteiger charge is -2.15. The van der Waals surface area contributed by atoms with Crippen LogP contribution in [0.1, 0.15) is 154 Å². The van der Waals surface area contributed by atoms with Gasteiger partial charge in [-0.2, -0.15) is 0 Å². The number of carbonyl (C=O) groups excluding carboxylic acids is 2. The fourth-order valence-electron chi connectivity index (χ4n) is 9.06. The molecule has 0 unspecified atom stereocenters. The predicted molar refractivity (Wildman–Crippen MR) is 249 cm³/mol. The van der Waals surface area contributed by atoms with Gasteiger partial charge in [0.05, 0.1) is 9.81 Å². The van der Waals surface area contributed by atoms with Crippen LogP contribution >= 0.6 is 48.0 Å². The highest BCUT2D eigenvalue weighted by atomic mass is 32.2. The van der Waals surface area contributed by atoms with E-state index in [2.05, 4.69) is 78.0 Å². The molecule has 56 heavy (non-hydrogen) atoms. The fourth-order valence-corrected chi connectivity index (χ4v) is 11.7. The zero-order valence-corrected chi connectivity index (χ0v) is 37.4. The summed E-state index contributed by atoms with van der Waals surface area (Å²) in [6, 6.07) is 4.88. The predicted octanol–water partition coefficient (Wildman–Crippen LogP) is 13.7. The Morgan fingerprint density at radius 2 is 0.964 bits per heavy atom. The number of thioether (sulfide) groups is 2. The lowest BCUT2D eigenvalue weighted by molar-refractivity contribution is -0.123. The molecule has 6 aliphatic rings. The Balaban J connectivity index is 1.07. The van der Waals surface area contributed by atoms with Gasteiger partial charge in [-0.3, -0.25) is 19.4 Å². The lowest BCUT2D eigenvalue weighted by atomic mass is 9.89. The van der Waals surface area contributed by atoms with E-state index < -0.39 is 0 Å².